The predicted octanol–water partition coefficient (Wildman–Crippen LogP) is 5.40. The van der Waals surface area contributed by atoms with Gasteiger partial charge in [-0.2, -0.15) is 0 Å². The summed E-state index contributed by atoms with van der Waals surface area (Å²) in [4.78, 5) is 22.8. The van der Waals surface area contributed by atoms with Gasteiger partial charge in [-0.1, -0.05) is 67.2 Å². The molecule has 1 aliphatic heterocycles. The molecule has 2 aromatic carbocycles. The second-order valence-corrected chi connectivity index (χ2v) is 8.70. The summed E-state index contributed by atoms with van der Waals surface area (Å²) in [5, 5.41) is 4.01. The summed E-state index contributed by atoms with van der Waals surface area (Å²) in [7, 11) is 0. The summed E-state index contributed by atoms with van der Waals surface area (Å²) in [6.45, 7) is 4.14. The lowest BCUT2D eigenvalue weighted by atomic mass is 10.1. The van der Waals surface area contributed by atoms with Crippen LogP contribution in [0.5, 0.6) is 0 Å². The first-order valence-electron chi connectivity index (χ1n) is 10.4. The van der Waals surface area contributed by atoms with Crippen LogP contribution in [-0.4, -0.2) is 28.1 Å². The fourth-order valence-corrected chi connectivity index (χ4v) is 4.96. The maximum absolute atomic E-state index is 12.7. The minimum absolute atomic E-state index is 0.00137. The summed E-state index contributed by atoms with van der Waals surface area (Å²) in [6.07, 6.45) is 5.23. The lowest BCUT2D eigenvalue weighted by Gasteiger charge is -2.14. The smallest absolute Gasteiger partial charge is 0.234 e. The molecule has 2 aliphatic rings. The van der Waals surface area contributed by atoms with Crippen molar-refractivity contribution in [2.45, 2.75) is 51.6 Å². The highest BCUT2D eigenvalue weighted by Crippen LogP contribution is 2.40. The molecular formula is C24H27N3OS. The number of carbonyl (C=O) groups excluding carboxylic acids is 1. The van der Waals surface area contributed by atoms with Gasteiger partial charge in [0.25, 0.3) is 0 Å². The van der Waals surface area contributed by atoms with Gasteiger partial charge in [0.2, 0.25) is 5.91 Å². The molecule has 0 radical (unpaired) electrons. The first-order chi connectivity index (χ1) is 14.1. The number of aryl methyl sites for hydroxylation is 2. The third-order valence-corrected chi connectivity index (χ3v) is 6.59. The highest BCUT2D eigenvalue weighted by atomic mass is 32.2. The molecule has 0 bridgehead atoms. The number of aliphatic imine (C=N–C) groups is 2. The van der Waals surface area contributed by atoms with Gasteiger partial charge in [-0.15, -0.1) is 0 Å². The maximum Gasteiger partial charge on any atom is 0.234 e. The molecule has 0 aromatic heterocycles. The number of carbonyl (C=O) groups is 1. The molecule has 150 valence electrons. The lowest BCUT2D eigenvalue weighted by molar-refractivity contribution is -0.113. The number of para-hydroxylation sites is 1. The van der Waals surface area contributed by atoms with Gasteiger partial charge < -0.3 is 5.32 Å². The van der Waals surface area contributed by atoms with E-state index in [0.717, 1.165) is 52.4 Å². The molecule has 1 fully saturated rings. The molecule has 1 heterocycles. The maximum atomic E-state index is 12.7. The van der Waals surface area contributed by atoms with E-state index in [4.69, 9.17) is 9.98 Å². The van der Waals surface area contributed by atoms with Crippen molar-refractivity contribution in [2.75, 3.05) is 11.1 Å². The normalized spacial score (nSPS) is 17.3. The van der Waals surface area contributed by atoms with Crippen molar-refractivity contribution in [1.29, 1.82) is 0 Å². The lowest BCUT2D eigenvalue weighted by Crippen LogP contribution is -2.19. The minimum Gasteiger partial charge on any atom is -0.325 e. The van der Waals surface area contributed by atoms with E-state index in [1.165, 1.54) is 24.6 Å². The number of nitrogens with zero attached hydrogens (tertiary/aromatic N) is 2. The molecule has 2 aromatic rings. The number of hydrogen-bond donors (Lipinski definition) is 1. The Balaban J connectivity index is 1.50. The van der Waals surface area contributed by atoms with Crippen LogP contribution in [0.15, 0.2) is 58.5 Å². The van der Waals surface area contributed by atoms with Crippen molar-refractivity contribution >= 4 is 34.1 Å². The summed E-state index contributed by atoms with van der Waals surface area (Å²) in [6, 6.07) is 16.3. The minimum atomic E-state index is -0.296. The van der Waals surface area contributed by atoms with Gasteiger partial charge in [-0.25, -0.2) is 4.99 Å². The number of amides is 1. The van der Waals surface area contributed by atoms with E-state index in [0.29, 0.717) is 5.75 Å². The molecule has 1 amide bonds. The number of nitrogens with one attached hydrogen (secondary N) is 1. The van der Waals surface area contributed by atoms with Crippen molar-refractivity contribution < 1.29 is 4.79 Å². The van der Waals surface area contributed by atoms with Crippen LogP contribution in [0, 0.1) is 6.92 Å². The van der Waals surface area contributed by atoms with Crippen molar-refractivity contribution in [1.82, 2.24) is 0 Å². The largest absolute Gasteiger partial charge is 0.325 e. The average molecular weight is 406 g/mol. The van der Waals surface area contributed by atoms with Crippen molar-refractivity contribution in [3.8, 4) is 0 Å². The van der Waals surface area contributed by atoms with E-state index in [9.17, 15) is 4.79 Å². The van der Waals surface area contributed by atoms with E-state index in [1.807, 2.05) is 37.3 Å². The molecule has 0 atom stereocenters. The van der Waals surface area contributed by atoms with Crippen molar-refractivity contribution in [2.24, 2.45) is 9.98 Å². The number of anilines is 1. The number of rotatable bonds is 5. The Morgan fingerprint density at radius 3 is 2.55 bits per heavy atom. The van der Waals surface area contributed by atoms with Gasteiger partial charge in [0.15, 0.2) is 5.66 Å². The van der Waals surface area contributed by atoms with E-state index < -0.39 is 0 Å². The Kier molecular flexibility index (Phi) is 5.86. The van der Waals surface area contributed by atoms with Gasteiger partial charge >= 0.3 is 0 Å². The van der Waals surface area contributed by atoms with Gasteiger partial charge in [-0.3, -0.25) is 9.79 Å². The zero-order chi connectivity index (χ0) is 20.3. The van der Waals surface area contributed by atoms with E-state index in [1.54, 1.807) is 0 Å². The summed E-state index contributed by atoms with van der Waals surface area (Å²) in [5.41, 5.74) is 4.93. The Hall–Kier alpha value is -2.40. The number of thioether (sulfide) groups is 1. The molecule has 1 N–H and O–H groups in total. The number of benzene rings is 2. The quantitative estimate of drug-likeness (QED) is 0.724. The molecule has 0 saturated heterocycles. The summed E-state index contributed by atoms with van der Waals surface area (Å²) < 4.78 is 0. The molecule has 1 saturated carbocycles. The molecular weight excluding hydrogens is 378 g/mol. The van der Waals surface area contributed by atoms with Crippen molar-refractivity contribution in [3.05, 3.63) is 65.2 Å². The highest BCUT2D eigenvalue weighted by molar-refractivity contribution is 8.16. The average Bonchev–Trinajstić information content (AvgIpc) is 3.35. The fourth-order valence-electron chi connectivity index (χ4n) is 4.08. The SMILES string of the molecule is CCc1cccc(C)c1NC(=O)CSC1=NC2(CCCC2)N=C1c1ccccc1. The first kappa shape index (κ1) is 19.9. The first-order valence-corrected chi connectivity index (χ1v) is 11.4. The van der Waals surface area contributed by atoms with E-state index in [-0.39, 0.29) is 11.6 Å². The zero-order valence-electron chi connectivity index (χ0n) is 17.1. The molecule has 0 unspecified atom stereocenters. The van der Waals surface area contributed by atoms with E-state index >= 15 is 0 Å². The topological polar surface area (TPSA) is 53.8 Å². The monoisotopic (exact) mass is 405 g/mol. The van der Waals surface area contributed by atoms with Gasteiger partial charge in [0.1, 0.15) is 5.04 Å². The number of hydrogen-bond acceptors (Lipinski definition) is 4. The van der Waals surface area contributed by atoms with Crippen LogP contribution in [0.25, 0.3) is 0 Å². The van der Waals surface area contributed by atoms with Crippen LogP contribution in [-0.2, 0) is 11.2 Å². The van der Waals surface area contributed by atoms with Crippen LogP contribution in [0.3, 0.4) is 0 Å². The summed E-state index contributed by atoms with van der Waals surface area (Å²) in [5.74, 6) is 0.333. The van der Waals surface area contributed by atoms with Crippen LogP contribution in [0.4, 0.5) is 5.69 Å². The molecule has 29 heavy (non-hydrogen) atoms. The van der Waals surface area contributed by atoms with Crippen LogP contribution in [0.1, 0.15) is 49.3 Å². The predicted molar refractivity (Wildman–Crippen MR) is 123 cm³/mol. The van der Waals surface area contributed by atoms with Crippen LogP contribution < -0.4 is 5.32 Å². The highest BCUT2D eigenvalue weighted by Gasteiger charge is 2.39. The van der Waals surface area contributed by atoms with Gasteiger partial charge in [0.05, 0.1) is 11.5 Å². The molecule has 4 rings (SSSR count). The third-order valence-electron chi connectivity index (χ3n) is 5.63. The summed E-state index contributed by atoms with van der Waals surface area (Å²) >= 11 is 1.50. The standard InChI is InChI=1S/C24H27N3OS/c1-3-18-13-9-10-17(2)21(18)25-20(28)16-29-23-22(19-11-5-4-6-12-19)26-24(27-23)14-7-8-15-24/h4-6,9-13H,3,7-8,14-16H2,1-2H3,(H,25,28). The van der Waals surface area contributed by atoms with Gasteiger partial charge in [-0.05, 0) is 50.2 Å². The molecule has 5 heteroatoms. The molecule has 1 aliphatic carbocycles. The fraction of sp³-hybridized carbons (Fsp3) is 0.375. The Morgan fingerprint density at radius 2 is 1.83 bits per heavy atom. The zero-order valence-corrected chi connectivity index (χ0v) is 17.9. The van der Waals surface area contributed by atoms with Gasteiger partial charge in [0, 0.05) is 11.3 Å². The Morgan fingerprint density at radius 1 is 1.07 bits per heavy atom. The Labute approximate surface area is 176 Å². The Bertz CT molecular complexity index is 959. The third kappa shape index (κ3) is 4.30. The molecule has 1 spiro atoms. The van der Waals surface area contributed by atoms with Crippen LogP contribution in [0.2, 0.25) is 0 Å². The van der Waals surface area contributed by atoms with E-state index in [2.05, 4.69) is 30.4 Å². The van der Waals surface area contributed by atoms with Crippen molar-refractivity contribution in [3.63, 3.8) is 0 Å². The second kappa shape index (κ2) is 8.54. The molecule has 4 nitrogen and oxygen atoms in total. The van der Waals surface area contributed by atoms with Crippen LogP contribution >= 0.6 is 11.8 Å². The second-order valence-electron chi connectivity index (χ2n) is 7.73.